The van der Waals surface area contributed by atoms with Crippen molar-refractivity contribution in [1.29, 1.82) is 0 Å². The fraction of sp³-hybridized carbons (Fsp3) is 0.583. The van der Waals surface area contributed by atoms with E-state index in [4.69, 9.17) is 9.47 Å². The number of nitrogens with zero attached hydrogens (tertiary/aromatic N) is 2. The predicted molar refractivity (Wildman–Crippen MR) is 179 cm³/mol. The lowest BCUT2D eigenvalue weighted by Crippen LogP contribution is -2.30. The average Bonchev–Trinajstić information content (AvgIpc) is 3.40. The second-order valence-electron chi connectivity index (χ2n) is 11.6. The molecule has 0 N–H and O–H groups in total. The summed E-state index contributed by atoms with van der Waals surface area (Å²) in [5, 5.41) is 0. The highest BCUT2D eigenvalue weighted by Crippen LogP contribution is 2.29. The van der Waals surface area contributed by atoms with Gasteiger partial charge in [0.15, 0.2) is 11.5 Å². The average molecular weight is 595 g/mol. The van der Waals surface area contributed by atoms with Gasteiger partial charge < -0.3 is 19.3 Å². The molecule has 5 nitrogen and oxygen atoms in total. The maximum Gasteiger partial charge on any atom is 0.223 e. The van der Waals surface area contributed by atoms with E-state index in [9.17, 15) is 4.79 Å². The van der Waals surface area contributed by atoms with Crippen LogP contribution in [0.1, 0.15) is 109 Å². The van der Waals surface area contributed by atoms with E-state index in [1.54, 1.807) is 14.0 Å². The van der Waals surface area contributed by atoms with Crippen molar-refractivity contribution >= 4 is 23.4 Å². The molecule has 6 heteroatoms. The summed E-state index contributed by atoms with van der Waals surface area (Å²) in [5.74, 6) is 2.60. The zero-order chi connectivity index (χ0) is 30.0. The second-order valence-corrected chi connectivity index (χ2v) is 12.8. The molecule has 0 saturated heterocycles. The minimum Gasteiger partial charge on any atom is -0.493 e. The number of rotatable bonds is 21. The normalized spacial score (nSPS) is 12.9. The first-order valence-electron chi connectivity index (χ1n) is 16.2. The smallest absolute Gasteiger partial charge is 0.223 e. The van der Waals surface area contributed by atoms with Crippen molar-refractivity contribution in [2.45, 2.75) is 111 Å². The Balaban J connectivity index is 1.37. The van der Waals surface area contributed by atoms with E-state index in [1.165, 1.54) is 81.1 Å². The Kier molecular flexibility index (Phi) is 15.8. The van der Waals surface area contributed by atoms with Gasteiger partial charge in [-0.15, -0.1) is 11.8 Å². The van der Waals surface area contributed by atoms with Crippen molar-refractivity contribution in [3.05, 3.63) is 64.7 Å². The van der Waals surface area contributed by atoms with E-state index in [2.05, 4.69) is 55.3 Å². The third kappa shape index (κ3) is 12.3. The molecule has 1 aliphatic rings. The van der Waals surface area contributed by atoms with Crippen molar-refractivity contribution in [2.75, 3.05) is 31.0 Å². The number of allylic oxidation sites excluding steroid dienone is 1. The lowest BCUT2D eigenvalue weighted by Gasteiger charge is -2.22. The number of amides is 1. The quantitative estimate of drug-likeness (QED) is 0.135. The number of carbonyl (C=O) groups excluding carboxylic acids is 1. The number of carbonyl (C=O) groups is 1. The molecule has 1 amide bonds. The Morgan fingerprint density at radius 3 is 2.05 bits per heavy atom. The zero-order valence-corrected chi connectivity index (χ0v) is 27.5. The first-order chi connectivity index (χ1) is 20.5. The molecule has 2 aromatic carbocycles. The summed E-state index contributed by atoms with van der Waals surface area (Å²) < 4.78 is 11.7. The molecule has 0 atom stereocenters. The molecule has 2 aromatic rings. The molecule has 0 bridgehead atoms. The molecule has 3 rings (SSSR count). The zero-order valence-electron chi connectivity index (χ0n) is 26.7. The van der Waals surface area contributed by atoms with Crippen LogP contribution in [0.3, 0.4) is 0 Å². The summed E-state index contributed by atoms with van der Waals surface area (Å²) in [6, 6.07) is 14.5. The van der Waals surface area contributed by atoms with Gasteiger partial charge in [-0.05, 0) is 60.1 Å². The van der Waals surface area contributed by atoms with Crippen molar-refractivity contribution in [1.82, 2.24) is 4.90 Å². The van der Waals surface area contributed by atoms with Crippen LogP contribution < -0.4 is 14.4 Å². The van der Waals surface area contributed by atoms with E-state index in [1.807, 2.05) is 28.8 Å². The fourth-order valence-corrected chi connectivity index (χ4v) is 6.20. The summed E-state index contributed by atoms with van der Waals surface area (Å²) in [7, 11) is 1.69. The van der Waals surface area contributed by atoms with E-state index >= 15 is 0 Å². The van der Waals surface area contributed by atoms with Gasteiger partial charge in [0, 0.05) is 31.9 Å². The first kappa shape index (κ1) is 33.9. The molecule has 0 radical (unpaired) electrons. The third-order valence-corrected chi connectivity index (χ3v) is 8.97. The molecule has 42 heavy (non-hydrogen) atoms. The van der Waals surface area contributed by atoms with Crippen LogP contribution in [0.15, 0.2) is 53.6 Å². The number of unbranched alkanes of at least 4 members (excludes halogenated alkanes) is 11. The van der Waals surface area contributed by atoms with Gasteiger partial charge in [-0.3, -0.25) is 4.79 Å². The highest BCUT2D eigenvalue weighted by molar-refractivity contribution is 8.03. The number of hydrogen-bond acceptors (Lipinski definition) is 5. The molecule has 0 aromatic heterocycles. The van der Waals surface area contributed by atoms with Gasteiger partial charge in [-0.2, -0.15) is 0 Å². The van der Waals surface area contributed by atoms with Gasteiger partial charge in [0.2, 0.25) is 5.91 Å². The summed E-state index contributed by atoms with van der Waals surface area (Å²) in [6.07, 6.45) is 19.0. The Morgan fingerprint density at radius 1 is 0.857 bits per heavy atom. The van der Waals surface area contributed by atoms with Gasteiger partial charge >= 0.3 is 0 Å². The Labute approximate surface area is 260 Å². The first-order valence-corrected chi connectivity index (χ1v) is 17.2. The monoisotopic (exact) mass is 594 g/mol. The minimum atomic E-state index is 0.0478. The Hall–Kier alpha value is -2.60. The number of benzene rings is 2. The summed E-state index contributed by atoms with van der Waals surface area (Å²) in [6.45, 7) is 8.28. The number of anilines is 1. The fourth-order valence-electron chi connectivity index (χ4n) is 5.44. The molecule has 0 unspecified atom stereocenters. The van der Waals surface area contributed by atoms with E-state index in [0.717, 1.165) is 48.0 Å². The van der Waals surface area contributed by atoms with E-state index in [0.29, 0.717) is 13.2 Å². The Morgan fingerprint density at radius 2 is 1.48 bits per heavy atom. The lowest BCUT2D eigenvalue weighted by atomic mass is 10.1. The van der Waals surface area contributed by atoms with E-state index in [-0.39, 0.29) is 5.91 Å². The molecule has 0 aliphatic carbocycles. The molecular weight excluding hydrogens is 540 g/mol. The van der Waals surface area contributed by atoms with Crippen LogP contribution in [-0.2, 0) is 17.8 Å². The van der Waals surface area contributed by atoms with Crippen molar-refractivity contribution in [3.63, 3.8) is 0 Å². The third-order valence-electron chi connectivity index (χ3n) is 7.94. The Bertz CT molecular complexity index is 1090. The highest BCUT2D eigenvalue weighted by Gasteiger charge is 2.14. The van der Waals surface area contributed by atoms with Crippen LogP contribution in [0.2, 0.25) is 0 Å². The van der Waals surface area contributed by atoms with Gasteiger partial charge in [0.05, 0.1) is 19.6 Å². The van der Waals surface area contributed by atoms with Gasteiger partial charge in [0.25, 0.3) is 0 Å². The summed E-state index contributed by atoms with van der Waals surface area (Å²) in [5.41, 5.74) is 3.31. The van der Waals surface area contributed by atoms with Gasteiger partial charge in [0.1, 0.15) is 0 Å². The highest BCUT2D eigenvalue weighted by atomic mass is 32.2. The minimum absolute atomic E-state index is 0.0478. The standard InChI is InChI=1S/C36H54N2O3S/c1-5-6-7-8-9-10-11-12-13-14-15-16-25-41-35-22-19-32(26-36(35)40-4)23-24-38(31(3)39)34-20-17-33(18-21-34)28-37-27-30(2)42-29-37/h17-22,26-27H,5-16,23-25,28-29H2,1-4H3. The molecule has 1 heterocycles. The predicted octanol–water partition coefficient (Wildman–Crippen LogP) is 9.74. The van der Waals surface area contributed by atoms with Gasteiger partial charge in [-0.1, -0.05) is 95.8 Å². The van der Waals surface area contributed by atoms with Crippen LogP contribution in [0.5, 0.6) is 11.5 Å². The SMILES string of the molecule is CCCCCCCCCCCCCCOc1ccc(CCN(C(C)=O)c2ccc(CN3C=C(C)SC3)cc2)cc1OC. The van der Waals surface area contributed by atoms with Crippen LogP contribution in [-0.4, -0.2) is 36.9 Å². The van der Waals surface area contributed by atoms with Crippen molar-refractivity contribution in [2.24, 2.45) is 0 Å². The number of thioether (sulfide) groups is 1. The largest absolute Gasteiger partial charge is 0.493 e. The number of hydrogen-bond donors (Lipinski definition) is 0. The maximum atomic E-state index is 12.5. The summed E-state index contributed by atoms with van der Waals surface area (Å²) >= 11 is 1.87. The van der Waals surface area contributed by atoms with Crippen LogP contribution >= 0.6 is 11.8 Å². The molecule has 232 valence electrons. The molecule has 0 fully saturated rings. The molecule has 0 spiro atoms. The summed E-state index contributed by atoms with van der Waals surface area (Å²) in [4.78, 5) is 18.0. The van der Waals surface area contributed by atoms with Crippen molar-refractivity contribution < 1.29 is 14.3 Å². The molecule has 0 saturated carbocycles. The van der Waals surface area contributed by atoms with Gasteiger partial charge in [-0.25, -0.2) is 0 Å². The topological polar surface area (TPSA) is 42.0 Å². The molecular formula is C36H54N2O3S. The number of ether oxygens (including phenoxy) is 2. The second kappa shape index (κ2) is 19.6. The van der Waals surface area contributed by atoms with Crippen molar-refractivity contribution in [3.8, 4) is 11.5 Å². The number of methoxy groups -OCH3 is 1. The van der Waals surface area contributed by atoms with Crippen LogP contribution in [0.4, 0.5) is 5.69 Å². The molecule has 1 aliphatic heterocycles. The van der Waals surface area contributed by atoms with E-state index < -0.39 is 0 Å². The van der Waals surface area contributed by atoms with Crippen LogP contribution in [0, 0.1) is 0 Å². The maximum absolute atomic E-state index is 12.5. The lowest BCUT2D eigenvalue weighted by molar-refractivity contribution is -0.116. The van der Waals surface area contributed by atoms with Crippen LogP contribution in [0.25, 0.3) is 0 Å².